The summed E-state index contributed by atoms with van der Waals surface area (Å²) < 4.78 is 37.4. The molecule has 2 atom stereocenters. The first kappa shape index (κ1) is 29.7. The largest absolute Gasteiger partial charge is 0.487 e. The molecule has 15 heteroatoms. The summed E-state index contributed by atoms with van der Waals surface area (Å²) in [7, 11) is -10.1. The number of hydrogen-bond acceptors (Lipinski definition) is 7. The summed E-state index contributed by atoms with van der Waals surface area (Å²) in [5, 5.41) is 0.716. The molecular weight excluding hydrogens is 560 g/mol. The molecule has 0 bridgehead atoms. The molecule has 1 spiro atoms. The van der Waals surface area contributed by atoms with E-state index in [1.165, 1.54) is 19.3 Å². The Kier molecular flexibility index (Phi) is 8.82. The highest BCUT2D eigenvalue weighted by Gasteiger charge is 2.52. The first-order valence-corrected chi connectivity index (χ1v) is 15.7. The predicted molar refractivity (Wildman–Crippen MR) is 138 cm³/mol. The van der Waals surface area contributed by atoms with Gasteiger partial charge in [-0.05, 0) is 63.7 Å². The summed E-state index contributed by atoms with van der Waals surface area (Å²) in [5.41, 5.74) is 1.18. The van der Waals surface area contributed by atoms with E-state index in [0.29, 0.717) is 10.9 Å². The van der Waals surface area contributed by atoms with Crippen molar-refractivity contribution in [3.05, 3.63) is 47.5 Å². The standard InChI is InChI=1S/C23H30ClN3O2.H4O7P2/c1-22(2)19-14-23(5-8-26(9-6-23)11-12-27-10-7-25-16-27)15-28-21(19)18-4-3-17(24)13-20(18)29-22;1-8(2,3)7-9(4,5)6/h3-4,7,10,13,16,19,21H,5-6,8-9,11-12,14-15H2,1-2H3;(H2,1,2,3)(H2,4,5,6)/t19-,21+;/m0./s1. The van der Waals surface area contributed by atoms with Crippen LogP contribution in [0.15, 0.2) is 36.9 Å². The Morgan fingerprint density at radius 1 is 1.13 bits per heavy atom. The lowest BCUT2D eigenvalue weighted by Gasteiger charge is -2.54. The van der Waals surface area contributed by atoms with E-state index in [1.807, 2.05) is 30.9 Å². The van der Waals surface area contributed by atoms with Gasteiger partial charge in [-0.25, -0.2) is 14.1 Å². The fraction of sp³-hybridized carbons (Fsp3) is 0.609. The van der Waals surface area contributed by atoms with Crippen LogP contribution in [-0.2, 0) is 24.7 Å². The van der Waals surface area contributed by atoms with Crippen molar-refractivity contribution in [2.24, 2.45) is 11.3 Å². The van der Waals surface area contributed by atoms with Gasteiger partial charge in [0.25, 0.3) is 0 Å². The third-order valence-corrected chi connectivity index (χ3v) is 9.44. The number of phosphoric acid groups is 2. The minimum Gasteiger partial charge on any atom is -0.487 e. The number of ether oxygens (including phenoxy) is 2. The van der Waals surface area contributed by atoms with Gasteiger partial charge in [0.15, 0.2) is 0 Å². The second kappa shape index (κ2) is 11.3. The number of likely N-dealkylation sites (tertiary alicyclic amines) is 1. The lowest BCUT2D eigenvalue weighted by Crippen LogP contribution is -2.54. The van der Waals surface area contributed by atoms with Gasteiger partial charge in [0.2, 0.25) is 0 Å². The van der Waals surface area contributed by atoms with Crippen LogP contribution < -0.4 is 4.74 Å². The molecule has 2 fully saturated rings. The van der Waals surface area contributed by atoms with Gasteiger partial charge in [-0.1, -0.05) is 17.7 Å². The average molecular weight is 594 g/mol. The Balaban J connectivity index is 0.000000323. The van der Waals surface area contributed by atoms with Crippen LogP contribution in [0.25, 0.3) is 0 Å². The highest BCUT2D eigenvalue weighted by molar-refractivity contribution is 7.60. The smallest absolute Gasteiger partial charge is 0.478 e. The molecule has 38 heavy (non-hydrogen) atoms. The van der Waals surface area contributed by atoms with E-state index in [1.54, 1.807) is 0 Å². The fourth-order valence-corrected chi connectivity index (χ4v) is 6.81. The molecule has 0 saturated carbocycles. The number of imidazole rings is 1. The van der Waals surface area contributed by atoms with Crippen molar-refractivity contribution in [2.45, 2.75) is 51.4 Å². The molecule has 0 radical (unpaired) electrons. The number of rotatable bonds is 5. The topological polar surface area (TPSA) is 164 Å². The maximum Gasteiger partial charge on any atom is 0.478 e. The van der Waals surface area contributed by atoms with Crippen LogP contribution >= 0.6 is 27.2 Å². The van der Waals surface area contributed by atoms with Crippen LogP contribution in [0, 0.1) is 11.3 Å². The molecule has 0 amide bonds. The molecule has 4 N–H and O–H groups in total. The summed E-state index contributed by atoms with van der Waals surface area (Å²) in [4.78, 5) is 37.7. The third-order valence-electron chi connectivity index (χ3n) is 7.50. The molecule has 3 aliphatic heterocycles. The van der Waals surface area contributed by atoms with E-state index in [2.05, 4.69) is 38.7 Å². The Morgan fingerprint density at radius 2 is 1.82 bits per heavy atom. The first-order valence-electron chi connectivity index (χ1n) is 12.3. The lowest BCUT2D eigenvalue weighted by molar-refractivity contribution is -0.174. The Bertz CT molecular complexity index is 1170. The number of aromatic nitrogens is 2. The number of fused-ring (bicyclic) bond motifs is 3. The van der Waals surface area contributed by atoms with Gasteiger partial charge in [0, 0.05) is 42.0 Å². The van der Waals surface area contributed by atoms with Crippen LogP contribution in [0.2, 0.25) is 5.02 Å². The SMILES string of the molecule is CC1(C)Oc2cc(Cl)ccc2[C@H]2OCC3(CCN(CCn4ccnc4)CC3)C[C@@H]21.O=P(O)(O)OP(=O)(O)O. The van der Waals surface area contributed by atoms with E-state index in [9.17, 15) is 9.13 Å². The van der Waals surface area contributed by atoms with Crippen molar-refractivity contribution in [1.29, 1.82) is 0 Å². The van der Waals surface area contributed by atoms with Crippen LogP contribution in [0.5, 0.6) is 5.75 Å². The van der Waals surface area contributed by atoms with Crippen molar-refractivity contribution in [3.63, 3.8) is 0 Å². The van der Waals surface area contributed by atoms with E-state index in [4.69, 9.17) is 40.6 Å². The first-order chi connectivity index (χ1) is 17.6. The maximum atomic E-state index is 9.63. The van der Waals surface area contributed by atoms with Gasteiger partial charge in [0.05, 0.1) is 19.0 Å². The van der Waals surface area contributed by atoms with E-state index in [-0.39, 0.29) is 17.1 Å². The van der Waals surface area contributed by atoms with Crippen molar-refractivity contribution < 1.29 is 42.5 Å². The maximum absolute atomic E-state index is 9.63. The normalized spacial score (nSPS) is 24.5. The molecule has 0 aliphatic carbocycles. The molecule has 0 unspecified atom stereocenters. The summed E-state index contributed by atoms with van der Waals surface area (Å²) in [6, 6.07) is 5.97. The zero-order chi connectivity index (χ0) is 27.8. The molecule has 12 nitrogen and oxygen atoms in total. The molecule has 3 aliphatic rings. The monoisotopic (exact) mass is 593 g/mol. The highest BCUT2D eigenvalue weighted by Crippen LogP contribution is 2.56. The Labute approximate surface area is 226 Å². The molecule has 212 valence electrons. The van der Waals surface area contributed by atoms with Gasteiger partial charge in [-0.15, -0.1) is 0 Å². The van der Waals surface area contributed by atoms with Crippen molar-refractivity contribution >= 4 is 27.2 Å². The molecular formula is C23H34ClN3O9P2. The van der Waals surface area contributed by atoms with Crippen molar-refractivity contribution in [1.82, 2.24) is 14.5 Å². The van der Waals surface area contributed by atoms with Crippen molar-refractivity contribution in [3.8, 4) is 5.75 Å². The molecule has 1 aromatic carbocycles. The van der Waals surface area contributed by atoms with E-state index >= 15 is 0 Å². The molecule has 5 rings (SSSR count). The number of benzene rings is 1. The Hall–Kier alpha value is -1.30. The highest BCUT2D eigenvalue weighted by atomic mass is 35.5. The second-order valence-electron chi connectivity index (χ2n) is 10.6. The Morgan fingerprint density at radius 3 is 2.39 bits per heavy atom. The van der Waals surface area contributed by atoms with Crippen molar-refractivity contribution in [2.75, 3.05) is 26.2 Å². The van der Waals surface area contributed by atoms with Gasteiger partial charge in [-0.2, -0.15) is 4.31 Å². The number of piperidine rings is 1. The van der Waals surface area contributed by atoms with Crippen LogP contribution in [0.3, 0.4) is 0 Å². The van der Waals surface area contributed by atoms with Crippen LogP contribution in [0.4, 0.5) is 0 Å². The number of halogens is 1. The third kappa shape index (κ3) is 7.67. The zero-order valence-electron chi connectivity index (χ0n) is 21.2. The quantitative estimate of drug-likeness (QED) is 0.373. The minimum atomic E-state index is -5.05. The number of hydrogen-bond donors (Lipinski definition) is 4. The van der Waals surface area contributed by atoms with Gasteiger partial charge >= 0.3 is 15.6 Å². The number of nitrogens with zero attached hydrogens (tertiary/aromatic N) is 3. The van der Waals surface area contributed by atoms with E-state index < -0.39 is 15.6 Å². The molecule has 4 heterocycles. The lowest BCUT2D eigenvalue weighted by atomic mass is 9.64. The summed E-state index contributed by atoms with van der Waals surface area (Å²) in [6.07, 6.45) is 9.46. The van der Waals surface area contributed by atoms with Gasteiger partial charge < -0.3 is 38.5 Å². The molecule has 2 saturated heterocycles. The molecule has 2 aromatic rings. The summed E-state index contributed by atoms with van der Waals surface area (Å²) >= 11 is 6.20. The van der Waals surface area contributed by atoms with Crippen LogP contribution in [-0.4, -0.2) is 65.9 Å². The summed E-state index contributed by atoms with van der Waals surface area (Å²) in [5.74, 6) is 1.25. The predicted octanol–water partition coefficient (Wildman–Crippen LogP) is 3.76. The van der Waals surface area contributed by atoms with Gasteiger partial charge in [-0.3, -0.25) is 0 Å². The fourth-order valence-electron chi connectivity index (χ4n) is 5.54. The second-order valence-corrected chi connectivity index (χ2v) is 13.7. The molecule has 1 aromatic heterocycles. The average Bonchev–Trinajstić information content (AvgIpc) is 3.30. The van der Waals surface area contributed by atoms with Gasteiger partial charge in [0.1, 0.15) is 11.4 Å². The minimum absolute atomic E-state index is 0.107. The van der Waals surface area contributed by atoms with E-state index in [0.717, 1.165) is 44.1 Å². The van der Waals surface area contributed by atoms with Crippen LogP contribution in [0.1, 0.15) is 44.8 Å². The zero-order valence-corrected chi connectivity index (χ0v) is 23.8. The summed E-state index contributed by atoms with van der Waals surface area (Å²) in [6.45, 7) is 9.64.